The summed E-state index contributed by atoms with van der Waals surface area (Å²) < 4.78 is 5.08. The van der Waals surface area contributed by atoms with Crippen molar-refractivity contribution in [1.82, 2.24) is 20.4 Å². The largest absolute Gasteiger partial charge is 0.361 e. The molecule has 0 radical (unpaired) electrons. The number of amides is 1. The summed E-state index contributed by atoms with van der Waals surface area (Å²) in [6.07, 6.45) is 1.32. The van der Waals surface area contributed by atoms with Crippen LogP contribution in [0.2, 0.25) is 0 Å². The summed E-state index contributed by atoms with van der Waals surface area (Å²) in [7, 11) is 0. The van der Waals surface area contributed by atoms with Crippen molar-refractivity contribution in [3.8, 4) is 0 Å². The molecule has 1 aromatic carbocycles. The number of aromatic amines is 1. The van der Waals surface area contributed by atoms with E-state index in [9.17, 15) is 4.79 Å². The minimum absolute atomic E-state index is 0.147. The molecule has 6 heteroatoms. The van der Waals surface area contributed by atoms with E-state index in [-0.39, 0.29) is 5.91 Å². The number of carbonyl (C=O) groups is 1. The van der Waals surface area contributed by atoms with Crippen LogP contribution in [0.25, 0.3) is 11.0 Å². The van der Waals surface area contributed by atoms with Crippen LogP contribution in [0.3, 0.4) is 0 Å². The van der Waals surface area contributed by atoms with Gasteiger partial charge in [-0.15, -0.1) is 0 Å². The summed E-state index contributed by atoms with van der Waals surface area (Å²) >= 11 is 0. The molecule has 2 N–H and O–H groups in total. The van der Waals surface area contributed by atoms with E-state index in [1.165, 1.54) is 0 Å². The third kappa shape index (κ3) is 2.72. The second kappa shape index (κ2) is 6.01. The van der Waals surface area contributed by atoms with Gasteiger partial charge in [-0.25, -0.2) is 4.98 Å². The lowest BCUT2D eigenvalue weighted by atomic mass is 10.1. The Hall–Kier alpha value is -2.63. The maximum atomic E-state index is 12.2. The molecule has 6 nitrogen and oxygen atoms in total. The number of aryl methyl sites for hydroxylation is 2. The number of carbonyl (C=O) groups excluding carboxylic acids is 1. The van der Waals surface area contributed by atoms with Gasteiger partial charge >= 0.3 is 0 Å². The highest BCUT2D eigenvalue weighted by molar-refractivity contribution is 5.96. The zero-order valence-electron chi connectivity index (χ0n) is 12.6. The van der Waals surface area contributed by atoms with Gasteiger partial charge in [0.1, 0.15) is 17.1 Å². The number of nitrogens with one attached hydrogen (secondary N) is 2. The van der Waals surface area contributed by atoms with Gasteiger partial charge in [0.2, 0.25) is 0 Å². The molecule has 2 heterocycles. The lowest BCUT2D eigenvalue weighted by Gasteiger charge is -2.03. The molecule has 114 valence electrons. The van der Waals surface area contributed by atoms with Crippen LogP contribution in [0, 0.1) is 6.92 Å². The minimum Gasteiger partial charge on any atom is -0.361 e. The average Bonchev–Trinajstić information content (AvgIpc) is 3.09. The molecular formula is C16H18N4O2. The normalized spacial score (nSPS) is 11.0. The quantitative estimate of drug-likeness (QED) is 0.757. The lowest BCUT2D eigenvalue weighted by Crippen LogP contribution is -2.27. The highest BCUT2D eigenvalue weighted by atomic mass is 16.5. The molecule has 22 heavy (non-hydrogen) atoms. The molecule has 0 saturated heterocycles. The molecular weight excluding hydrogens is 280 g/mol. The standard InChI is InChI=1S/C16H18N4O2/c1-3-11-15(10(2)22-20-11)16(21)17-9-8-14-18-12-6-4-5-7-13(12)19-14/h4-7H,3,8-9H2,1-2H3,(H,17,21)(H,18,19). The van der Waals surface area contributed by atoms with E-state index in [0.29, 0.717) is 36.4 Å². The van der Waals surface area contributed by atoms with E-state index in [4.69, 9.17) is 4.52 Å². The molecule has 0 spiro atoms. The van der Waals surface area contributed by atoms with Gasteiger partial charge in [0.15, 0.2) is 0 Å². The summed E-state index contributed by atoms with van der Waals surface area (Å²) in [5.41, 5.74) is 3.18. The Labute approximate surface area is 127 Å². The number of H-pyrrole nitrogens is 1. The number of rotatable bonds is 5. The van der Waals surface area contributed by atoms with Gasteiger partial charge < -0.3 is 14.8 Å². The van der Waals surface area contributed by atoms with E-state index < -0.39 is 0 Å². The number of fused-ring (bicyclic) bond motifs is 1. The maximum Gasteiger partial charge on any atom is 0.256 e. The van der Waals surface area contributed by atoms with Gasteiger partial charge in [-0.3, -0.25) is 4.79 Å². The Balaban J connectivity index is 1.63. The maximum absolute atomic E-state index is 12.2. The smallest absolute Gasteiger partial charge is 0.256 e. The SMILES string of the molecule is CCc1noc(C)c1C(=O)NCCc1nc2ccccc2[nH]1. The van der Waals surface area contributed by atoms with Crippen molar-refractivity contribution in [3.63, 3.8) is 0 Å². The summed E-state index contributed by atoms with van der Waals surface area (Å²) in [6, 6.07) is 7.86. The number of hydrogen-bond donors (Lipinski definition) is 2. The van der Waals surface area contributed by atoms with Crippen LogP contribution in [0.5, 0.6) is 0 Å². The Morgan fingerprint density at radius 3 is 2.95 bits per heavy atom. The fourth-order valence-electron chi connectivity index (χ4n) is 2.46. The highest BCUT2D eigenvalue weighted by Gasteiger charge is 2.18. The number of nitrogens with zero attached hydrogens (tertiary/aromatic N) is 2. The Morgan fingerprint density at radius 2 is 2.18 bits per heavy atom. The van der Waals surface area contributed by atoms with Gasteiger partial charge in [-0.2, -0.15) is 0 Å². The number of hydrogen-bond acceptors (Lipinski definition) is 4. The van der Waals surface area contributed by atoms with E-state index in [0.717, 1.165) is 16.9 Å². The summed E-state index contributed by atoms with van der Waals surface area (Å²) in [4.78, 5) is 20.0. The first kappa shape index (κ1) is 14.3. The molecule has 1 amide bonds. The van der Waals surface area contributed by atoms with Gasteiger partial charge in [0, 0.05) is 13.0 Å². The molecule has 3 rings (SSSR count). The second-order valence-corrected chi connectivity index (χ2v) is 5.12. The van der Waals surface area contributed by atoms with Gasteiger partial charge in [-0.05, 0) is 25.5 Å². The molecule has 0 atom stereocenters. The predicted molar refractivity (Wildman–Crippen MR) is 82.7 cm³/mol. The molecule has 0 fully saturated rings. The lowest BCUT2D eigenvalue weighted by molar-refractivity contribution is 0.0951. The van der Waals surface area contributed by atoms with Crippen molar-refractivity contribution in [2.45, 2.75) is 26.7 Å². The van der Waals surface area contributed by atoms with Crippen LogP contribution < -0.4 is 5.32 Å². The minimum atomic E-state index is -0.147. The van der Waals surface area contributed by atoms with Crippen LogP contribution in [0.1, 0.15) is 34.6 Å². The summed E-state index contributed by atoms with van der Waals surface area (Å²) in [5.74, 6) is 1.27. The van der Waals surface area contributed by atoms with Crippen molar-refractivity contribution >= 4 is 16.9 Å². The number of aromatic nitrogens is 3. The van der Waals surface area contributed by atoms with Crippen LogP contribution in [-0.2, 0) is 12.8 Å². The highest BCUT2D eigenvalue weighted by Crippen LogP contribution is 2.14. The predicted octanol–water partition coefficient (Wildman–Crippen LogP) is 2.39. The van der Waals surface area contributed by atoms with Crippen molar-refractivity contribution in [2.75, 3.05) is 6.54 Å². The number of imidazole rings is 1. The van der Waals surface area contributed by atoms with Crippen molar-refractivity contribution in [2.24, 2.45) is 0 Å². The Morgan fingerprint density at radius 1 is 1.36 bits per heavy atom. The van der Waals surface area contributed by atoms with E-state index in [1.54, 1.807) is 6.92 Å². The monoisotopic (exact) mass is 298 g/mol. The molecule has 2 aromatic heterocycles. The van der Waals surface area contributed by atoms with Crippen LogP contribution in [-0.4, -0.2) is 27.6 Å². The second-order valence-electron chi connectivity index (χ2n) is 5.12. The third-order valence-corrected chi connectivity index (χ3v) is 3.58. The molecule has 3 aromatic rings. The zero-order valence-corrected chi connectivity index (χ0v) is 12.6. The van der Waals surface area contributed by atoms with Crippen molar-refractivity contribution in [1.29, 1.82) is 0 Å². The topological polar surface area (TPSA) is 83.8 Å². The zero-order chi connectivity index (χ0) is 15.5. The molecule has 0 unspecified atom stereocenters. The van der Waals surface area contributed by atoms with Gasteiger partial charge in [-0.1, -0.05) is 24.2 Å². The molecule has 0 aliphatic rings. The number of benzene rings is 1. The molecule has 0 bridgehead atoms. The van der Waals surface area contributed by atoms with Crippen LogP contribution in [0.15, 0.2) is 28.8 Å². The summed E-state index contributed by atoms with van der Waals surface area (Å²) in [5, 5.41) is 6.79. The molecule has 0 saturated carbocycles. The number of para-hydroxylation sites is 2. The van der Waals surface area contributed by atoms with Crippen LogP contribution >= 0.6 is 0 Å². The van der Waals surface area contributed by atoms with E-state index >= 15 is 0 Å². The van der Waals surface area contributed by atoms with Crippen LogP contribution in [0.4, 0.5) is 0 Å². The summed E-state index contributed by atoms with van der Waals surface area (Å²) in [6.45, 7) is 4.20. The first-order chi connectivity index (χ1) is 10.7. The molecule has 0 aliphatic carbocycles. The fraction of sp³-hybridized carbons (Fsp3) is 0.312. The van der Waals surface area contributed by atoms with Crippen molar-refractivity contribution in [3.05, 3.63) is 47.1 Å². The van der Waals surface area contributed by atoms with E-state index in [1.807, 2.05) is 31.2 Å². The van der Waals surface area contributed by atoms with E-state index in [2.05, 4.69) is 20.4 Å². The van der Waals surface area contributed by atoms with Crippen molar-refractivity contribution < 1.29 is 9.32 Å². The first-order valence-electron chi connectivity index (χ1n) is 7.36. The Kier molecular flexibility index (Phi) is 3.91. The third-order valence-electron chi connectivity index (χ3n) is 3.58. The van der Waals surface area contributed by atoms with Gasteiger partial charge in [0.25, 0.3) is 5.91 Å². The average molecular weight is 298 g/mol. The van der Waals surface area contributed by atoms with Gasteiger partial charge in [0.05, 0.1) is 16.7 Å². The molecule has 0 aliphatic heterocycles. The fourth-order valence-corrected chi connectivity index (χ4v) is 2.46. The first-order valence-corrected chi connectivity index (χ1v) is 7.36. The Bertz CT molecular complexity index is 770.